The fourth-order valence-electron chi connectivity index (χ4n) is 3.75. The lowest BCUT2D eigenvalue weighted by Crippen LogP contribution is -2.45. The van der Waals surface area contributed by atoms with E-state index in [0.717, 1.165) is 43.2 Å². The standard InChI is InChI=1S/C18H26N6O2/c1-12-9-23(10-13(2)26-12)11-16-21-17-14(3-4-15(19)20-17)18(22-16)24-5-7-25-8-6-24/h3-4,12-13H,5-11H2,1-2H3,(H2,19,20,21,22). The predicted octanol–water partition coefficient (Wildman–Crippen LogP) is 1.05. The van der Waals surface area contributed by atoms with Crippen molar-refractivity contribution < 1.29 is 9.47 Å². The summed E-state index contributed by atoms with van der Waals surface area (Å²) in [6, 6.07) is 3.77. The molecule has 2 aromatic rings. The van der Waals surface area contributed by atoms with Crippen molar-refractivity contribution in [3.8, 4) is 0 Å². The van der Waals surface area contributed by atoms with Crippen molar-refractivity contribution in [1.82, 2.24) is 19.9 Å². The molecule has 8 nitrogen and oxygen atoms in total. The number of fused-ring (bicyclic) bond motifs is 1. The lowest BCUT2D eigenvalue weighted by molar-refractivity contribution is -0.0710. The van der Waals surface area contributed by atoms with Crippen molar-refractivity contribution in [2.24, 2.45) is 0 Å². The maximum absolute atomic E-state index is 5.89. The lowest BCUT2D eigenvalue weighted by Gasteiger charge is -2.35. The fraction of sp³-hybridized carbons (Fsp3) is 0.611. The van der Waals surface area contributed by atoms with E-state index in [1.165, 1.54) is 0 Å². The number of pyridine rings is 1. The number of nitrogens with zero attached hydrogens (tertiary/aromatic N) is 5. The first-order valence-electron chi connectivity index (χ1n) is 9.22. The van der Waals surface area contributed by atoms with Gasteiger partial charge in [0.1, 0.15) is 17.5 Å². The molecule has 0 spiro atoms. The van der Waals surface area contributed by atoms with E-state index in [2.05, 4.69) is 28.6 Å². The summed E-state index contributed by atoms with van der Waals surface area (Å²) in [7, 11) is 0. The van der Waals surface area contributed by atoms with Crippen molar-refractivity contribution >= 4 is 22.7 Å². The zero-order valence-electron chi connectivity index (χ0n) is 15.4. The van der Waals surface area contributed by atoms with E-state index in [4.69, 9.17) is 25.2 Å². The minimum atomic E-state index is 0.215. The fourth-order valence-corrected chi connectivity index (χ4v) is 3.75. The van der Waals surface area contributed by atoms with Crippen molar-refractivity contribution in [1.29, 1.82) is 0 Å². The molecule has 0 saturated carbocycles. The molecule has 2 N–H and O–H groups in total. The third-order valence-electron chi connectivity index (χ3n) is 4.78. The summed E-state index contributed by atoms with van der Waals surface area (Å²) < 4.78 is 11.3. The predicted molar refractivity (Wildman–Crippen MR) is 100 cm³/mol. The summed E-state index contributed by atoms with van der Waals surface area (Å²) in [5, 5.41) is 0.938. The summed E-state index contributed by atoms with van der Waals surface area (Å²) in [5.74, 6) is 2.18. The highest BCUT2D eigenvalue weighted by Crippen LogP contribution is 2.25. The second-order valence-corrected chi connectivity index (χ2v) is 7.12. The van der Waals surface area contributed by atoms with Gasteiger partial charge in [-0.3, -0.25) is 4.90 Å². The molecule has 2 unspecified atom stereocenters. The Hall–Kier alpha value is -2.03. The summed E-state index contributed by atoms with van der Waals surface area (Å²) in [6.45, 7) is 9.71. The van der Waals surface area contributed by atoms with E-state index in [1.807, 2.05) is 6.07 Å². The Bertz CT molecular complexity index is 770. The van der Waals surface area contributed by atoms with Gasteiger partial charge >= 0.3 is 0 Å². The largest absolute Gasteiger partial charge is 0.384 e. The van der Waals surface area contributed by atoms with Gasteiger partial charge in [-0.2, -0.15) is 0 Å². The molecule has 140 valence electrons. The maximum atomic E-state index is 5.89. The molecule has 0 amide bonds. The van der Waals surface area contributed by atoms with Gasteiger partial charge in [-0.1, -0.05) is 0 Å². The maximum Gasteiger partial charge on any atom is 0.167 e. The van der Waals surface area contributed by atoms with E-state index < -0.39 is 0 Å². The van der Waals surface area contributed by atoms with Gasteiger partial charge in [-0.05, 0) is 26.0 Å². The van der Waals surface area contributed by atoms with Crippen LogP contribution in [0, 0.1) is 0 Å². The summed E-state index contributed by atoms with van der Waals surface area (Å²) in [4.78, 5) is 18.6. The van der Waals surface area contributed by atoms with Crippen molar-refractivity contribution in [3.05, 3.63) is 18.0 Å². The van der Waals surface area contributed by atoms with E-state index in [0.29, 0.717) is 31.2 Å². The molecular formula is C18H26N6O2. The molecule has 0 bridgehead atoms. The number of rotatable bonds is 3. The number of hydrogen-bond acceptors (Lipinski definition) is 8. The van der Waals surface area contributed by atoms with Crippen LogP contribution in [0.25, 0.3) is 11.0 Å². The molecule has 26 heavy (non-hydrogen) atoms. The van der Waals surface area contributed by atoms with Crippen LogP contribution in [-0.4, -0.2) is 71.5 Å². The van der Waals surface area contributed by atoms with Crippen LogP contribution in [0.4, 0.5) is 11.6 Å². The van der Waals surface area contributed by atoms with Crippen LogP contribution in [0.3, 0.4) is 0 Å². The Labute approximate surface area is 153 Å². The lowest BCUT2D eigenvalue weighted by atomic mass is 10.2. The Morgan fingerprint density at radius 3 is 2.54 bits per heavy atom. The minimum absolute atomic E-state index is 0.215. The van der Waals surface area contributed by atoms with Crippen LogP contribution in [0.15, 0.2) is 12.1 Å². The molecule has 8 heteroatoms. The SMILES string of the molecule is CC1CN(Cc2nc(N3CCOCC3)c3ccc(N)nc3n2)CC(C)O1. The van der Waals surface area contributed by atoms with Gasteiger partial charge in [0.2, 0.25) is 0 Å². The molecular weight excluding hydrogens is 332 g/mol. The molecule has 0 radical (unpaired) electrons. The number of nitrogen functional groups attached to an aromatic ring is 1. The Kier molecular flexibility index (Phi) is 4.88. The first-order valence-corrected chi connectivity index (χ1v) is 9.22. The van der Waals surface area contributed by atoms with Gasteiger partial charge in [0.15, 0.2) is 5.65 Å². The smallest absolute Gasteiger partial charge is 0.167 e. The Morgan fingerprint density at radius 2 is 1.81 bits per heavy atom. The number of ether oxygens (including phenoxy) is 2. The van der Waals surface area contributed by atoms with Crippen LogP contribution < -0.4 is 10.6 Å². The number of aromatic nitrogens is 3. The number of hydrogen-bond donors (Lipinski definition) is 1. The van der Waals surface area contributed by atoms with Crippen LogP contribution in [0.1, 0.15) is 19.7 Å². The van der Waals surface area contributed by atoms with E-state index in [-0.39, 0.29) is 12.2 Å². The molecule has 4 rings (SSSR count). The first kappa shape index (κ1) is 17.4. The highest BCUT2D eigenvalue weighted by molar-refractivity contribution is 5.88. The van der Waals surface area contributed by atoms with Crippen molar-refractivity contribution in [2.45, 2.75) is 32.6 Å². The molecule has 2 fully saturated rings. The van der Waals surface area contributed by atoms with Crippen molar-refractivity contribution in [3.63, 3.8) is 0 Å². The topological polar surface area (TPSA) is 89.6 Å². The minimum Gasteiger partial charge on any atom is -0.384 e. The molecule has 2 atom stereocenters. The Balaban J connectivity index is 1.68. The molecule has 2 aliphatic rings. The molecule has 2 aliphatic heterocycles. The molecule has 0 aromatic carbocycles. The van der Waals surface area contributed by atoms with Gasteiger partial charge in [-0.15, -0.1) is 0 Å². The van der Waals surface area contributed by atoms with Crippen LogP contribution in [-0.2, 0) is 16.0 Å². The molecule has 2 saturated heterocycles. The van der Waals surface area contributed by atoms with E-state index in [1.54, 1.807) is 6.07 Å². The zero-order valence-corrected chi connectivity index (χ0v) is 15.4. The van der Waals surface area contributed by atoms with Gasteiger partial charge in [0.05, 0.1) is 37.4 Å². The molecule has 0 aliphatic carbocycles. The second kappa shape index (κ2) is 7.30. The third kappa shape index (κ3) is 3.72. The quantitative estimate of drug-likeness (QED) is 0.871. The van der Waals surface area contributed by atoms with Gasteiger partial charge in [-0.25, -0.2) is 15.0 Å². The number of morpholine rings is 2. The number of anilines is 2. The second-order valence-electron chi connectivity index (χ2n) is 7.12. The average molecular weight is 358 g/mol. The zero-order chi connectivity index (χ0) is 18.1. The van der Waals surface area contributed by atoms with Crippen LogP contribution in [0.2, 0.25) is 0 Å². The van der Waals surface area contributed by atoms with Gasteiger partial charge in [0.25, 0.3) is 0 Å². The van der Waals surface area contributed by atoms with E-state index >= 15 is 0 Å². The van der Waals surface area contributed by atoms with Crippen LogP contribution in [0.5, 0.6) is 0 Å². The molecule has 2 aromatic heterocycles. The van der Waals surface area contributed by atoms with Crippen molar-refractivity contribution in [2.75, 3.05) is 50.0 Å². The highest BCUT2D eigenvalue weighted by atomic mass is 16.5. The summed E-state index contributed by atoms with van der Waals surface area (Å²) in [5.41, 5.74) is 6.55. The van der Waals surface area contributed by atoms with Gasteiger partial charge < -0.3 is 20.1 Å². The summed E-state index contributed by atoms with van der Waals surface area (Å²) >= 11 is 0. The normalized spacial score (nSPS) is 24.9. The average Bonchev–Trinajstić information content (AvgIpc) is 2.60. The first-order chi connectivity index (χ1) is 12.6. The number of nitrogens with two attached hydrogens (primary N) is 1. The highest BCUT2D eigenvalue weighted by Gasteiger charge is 2.24. The van der Waals surface area contributed by atoms with Crippen LogP contribution >= 0.6 is 0 Å². The van der Waals surface area contributed by atoms with Gasteiger partial charge in [0, 0.05) is 26.2 Å². The van der Waals surface area contributed by atoms with E-state index in [9.17, 15) is 0 Å². The molecule has 4 heterocycles. The Morgan fingerprint density at radius 1 is 1.08 bits per heavy atom. The third-order valence-corrected chi connectivity index (χ3v) is 4.78. The monoisotopic (exact) mass is 358 g/mol. The summed E-state index contributed by atoms with van der Waals surface area (Å²) in [6.07, 6.45) is 0.429.